The molecule has 166 valence electrons. The summed E-state index contributed by atoms with van der Waals surface area (Å²) < 4.78 is 51.6. The van der Waals surface area contributed by atoms with Gasteiger partial charge in [0.05, 0.1) is 19.8 Å². The number of carbonyl (C=O) groups is 1. The molecule has 0 radical (unpaired) electrons. The summed E-state index contributed by atoms with van der Waals surface area (Å²) in [5.74, 6) is -0.205. The average Bonchev–Trinajstić information content (AvgIpc) is 3.44. The van der Waals surface area contributed by atoms with Crippen molar-refractivity contribution in [1.29, 1.82) is 0 Å². The van der Waals surface area contributed by atoms with E-state index in [1.54, 1.807) is 6.92 Å². The molecule has 11 heteroatoms. The van der Waals surface area contributed by atoms with E-state index in [1.807, 2.05) is 0 Å². The molecule has 30 heavy (non-hydrogen) atoms. The van der Waals surface area contributed by atoms with E-state index < -0.39 is 28.2 Å². The second-order valence-electron chi connectivity index (χ2n) is 7.39. The molecule has 1 aromatic carbocycles. The summed E-state index contributed by atoms with van der Waals surface area (Å²) >= 11 is 0. The van der Waals surface area contributed by atoms with Crippen LogP contribution in [0, 0.1) is 11.7 Å². The number of rotatable bonds is 11. The largest absolute Gasteiger partial charge is 0.490 e. The maximum atomic E-state index is 13.9. The Kier molecular flexibility index (Phi) is 7.42. The molecule has 1 aliphatic carbocycles. The van der Waals surface area contributed by atoms with Crippen LogP contribution < -0.4 is 14.8 Å². The fourth-order valence-corrected chi connectivity index (χ4v) is 3.86. The van der Waals surface area contributed by atoms with Crippen LogP contribution in [-0.4, -0.2) is 57.2 Å². The first-order chi connectivity index (χ1) is 14.2. The maximum Gasteiger partial charge on any atom is 0.237 e. The van der Waals surface area contributed by atoms with Gasteiger partial charge in [-0.15, -0.1) is 0 Å². The molecule has 2 fully saturated rings. The second-order valence-corrected chi connectivity index (χ2v) is 8.99. The number of nitrogens with one attached hydrogen (secondary N) is 2. The van der Waals surface area contributed by atoms with Gasteiger partial charge in [0, 0.05) is 11.4 Å². The molecule has 0 spiro atoms. The molecule has 0 bridgehead atoms. The summed E-state index contributed by atoms with van der Waals surface area (Å²) in [6.07, 6.45) is 2.37. The molecular weight excluding hydrogens is 417 g/mol. The number of nitrogens with zero attached hydrogens (tertiary/aromatic N) is 1. The molecule has 1 heterocycles. The highest BCUT2D eigenvalue weighted by atomic mass is 32.2. The lowest BCUT2D eigenvalue weighted by Crippen LogP contribution is -2.36. The van der Waals surface area contributed by atoms with E-state index in [9.17, 15) is 22.7 Å². The van der Waals surface area contributed by atoms with E-state index >= 15 is 0 Å². The van der Waals surface area contributed by atoms with Crippen molar-refractivity contribution >= 4 is 15.9 Å². The van der Waals surface area contributed by atoms with Crippen LogP contribution >= 0.6 is 0 Å². The summed E-state index contributed by atoms with van der Waals surface area (Å²) in [6.45, 7) is 2.06. The van der Waals surface area contributed by atoms with Crippen molar-refractivity contribution in [2.24, 2.45) is 5.92 Å². The molecule has 1 aromatic rings. The van der Waals surface area contributed by atoms with Crippen molar-refractivity contribution in [3.05, 3.63) is 41.1 Å². The highest BCUT2D eigenvalue weighted by Gasteiger charge is 2.27. The zero-order valence-corrected chi connectivity index (χ0v) is 17.4. The van der Waals surface area contributed by atoms with Crippen molar-refractivity contribution in [2.75, 3.05) is 26.5 Å². The summed E-state index contributed by atoms with van der Waals surface area (Å²) in [4.78, 5) is 12.5. The highest BCUT2D eigenvalue weighted by Crippen LogP contribution is 2.31. The first kappa shape index (κ1) is 22.6. The Morgan fingerprint density at radius 2 is 2.20 bits per heavy atom. The minimum atomic E-state index is -3.76. The number of carbonyl (C=O) groups excluding carboxylic acids is 1. The summed E-state index contributed by atoms with van der Waals surface area (Å²) in [5, 5.41) is 12.8. The SMILES string of the molecule is C[C@@H](NS(=O)(=O)/C=C/COCN1CC(=O)NC1O)c1ccc(F)c(OCC2CC2)c1. The van der Waals surface area contributed by atoms with Gasteiger partial charge in [0.15, 0.2) is 17.9 Å². The third-order valence-electron chi connectivity index (χ3n) is 4.70. The molecule has 9 nitrogen and oxygen atoms in total. The number of halogens is 1. The molecule has 3 rings (SSSR count). The lowest BCUT2D eigenvalue weighted by atomic mass is 10.1. The van der Waals surface area contributed by atoms with Gasteiger partial charge in [0.2, 0.25) is 15.9 Å². The first-order valence-corrected chi connectivity index (χ1v) is 11.2. The molecule has 2 atom stereocenters. The van der Waals surface area contributed by atoms with Crippen LogP contribution in [0.15, 0.2) is 29.7 Å². The standard InChI is InChI=1S/C19H26FN3O6S/c1-13(15-5-6-16(20)17(9-15)29-11-14-3-4-14)22-30(26,27)8-2-7-28-12-23-10-18(24)21-19(23)25/h2,5-6,8-9,13-14,19,22,25H,3-4,7,10-12H2,1H3,(H,21,24)/b8-2+/t13-,19?/m1/s1. The van der Waals surface area contributed by atoms with E-state index in [-0.39, 0.29) is 31.5 Å². The zero-order chi connectivity index (χ0) is 21.7. The summed E-state index contributed by atoms with van der Waals surface area (Å²) in [6, 6.07) is 3.68. The number of hydrogen-bond acceptors (Lipinski definition) is 7. The highest BCUT2D eigenvalue weighted by molar-refractivity contribution is 7.92. The number of amides is 1. The molecule has 1 aliphatic heterocycles. The predicted octanol–water partition coefficient (Wildman–Crippen LogP) is 0.790. The second kappa shape index (κ2) is 9.84. The summed E-state index contributed by atoms with van der Waals surface area (Å²) in [7, 11) is -3.76. The normalized spacial score (nSPS) is 21.2. The van der Waals surface area contributed by atoms with Crippen LogP contribution in [0.5, 0.6) is 5.75 Å². The molecule has 1 saturated heterocycles. The Morgan fingerprint density at radius 1 is 1.43 bits per heavy atom. The van der Waals surface area contributed by atoms with Gasteiger partial charge in [0.25, 0.3) is 0 Å². The van der Waals surface area contributed by atoms with Crippen LogP contribution in [0.2, 0.25) is 0 Å². The van der Waals surface area contributed by atoms with E-state index in [4.69, 9.17) is 9.47 Å². The van der Waals surface area contributed by atoms with Gasteiger partial charge in [-0.2, -0.15) is 0 Å². The van der Waals surface area contributed by atoms with E-state index in [1.165, 1.54) is 29.2 Å². The molecule has 1 unspecified atom stereocenters. The lowest BCUT2D eigenvalue weighted by Gasteiger charge is -2.17. The Morgan fingerprint density at radius 3 is 2.87 bits per heavy atom. The number of ether oxygens (including phenoxy) is 2. The topological polar surface area (TPSA) is 117 Å². The van der Waals surface area contributed by atoms with Gasteiger partial charge in [0.1, 0.15) is 6.73 Å². The summed E-state index contributed by atoms with van der Waals surface area (Å²) in [5.41, 5.74) is 0.579. The fraction of sp³-hybridized carbons (Fsp3) is 0.526. The number of benzene rings is 1. The van der Waals surface area contributed by atoms with Gasteiger partial charge in [-0.1, -0.05) is 6.07 Å². The van der Waals surface area contributed by atoms with Crippen LogP contribution in [0.3, 0.4) is 0 Å². The Balaban J connectivity index is 1.47. The monoisotopic (exact) mass is 443 g/mol. The zero-order valence-electron chi connectivity index (χ0n) is 16.6. The number of sulfonamides is 1. The Labute approximate surface area is 174 Å². The van der Waals surface area contributed by atoms with Crippen molar-refractivity contribution < 1.29 is 32.2 Å². The lowest BCUT2D eigenvalue weighted by molar-refractivity contribution is -0.119. The number of hydrogen-bond donors (Lipinski definition) is 3. The van der Waals surface area contributed by atoms with Gasteiger partial charge in [-0.05, 0) is 49.5 Å². The molecule has 1 saturated carbocycles. The third kappa shape index (κ3) is 6.74. The molecular formula is C19H26FN3O6S. The van der Waals surface area contributed by atoms with Gasteiger partial charge in [-0.25, -0.2) is 22.4 Å². The molecule has 1 amide bonds. The molecule has 3 N–H and O–H groups in total. The van der Waals surface area contributed by atoms with Gasteiger partial charge in [-0.3, -0.25) is 4.79 Å². The van der Waals surface area contributed by atoms with Crippen molar-refractivity contribution in [1.82, 2.24) is 14.9 Å². The van der Waals surface area contributed by atoms with Crippen molar-refractivity contribution in [3.63, 3.8) is 0 Å². The predicted molar refractivity (Wildman–Crippen MR) is 106 cm³/mol. The van der Waals surface area contributed by atoms with Crippen LogP contribution in [0.1, 0.15) is 31.4 Å². The van der Waals surface area contributed by atoms with E-state index in [0.717, 1.165) is 18.2 Å². The van der Waals surface area contributed by atoms with Crippen LogP contribution in [0.4, 0.5) is 4.39 Å². The van der Waals surface area contributed by atoms with Crippen molar-refractivity contribution in [2.45, 2.75) is 32.2 Å². The fourth-order valence-electron chi connectivity index (χ4n) is 2.82. The van der Waals surface area contributed by atoms with Crippen LogP contribution in [0.25, 0.3) is 0 Å². The number of aliphatic hydroxyl groups excluding tert-OH is 1. The molecule has 0 aromatic heterocycles. The maximum absolute atomic E-state index is 13.9. The van der Waals surface area contributed by atoms with Gasteiger partial charge < -0.3 is 19.9 Å². The molecule has 2 aliphatic rings. The smallest absolute Gasteiger partial charge is 0.237 e. The average molecular weight is 443 g/mol. The quantitative estimate of drug-likeness (QED) is 0.433. The van der Waals surface area contributed by atoms with E-state index in [2.05, 4.69) is 10.0 Å². The number of aliphatic hydroxyl groups is 1. The van der Waals surface area contributed by atoms with Crippen LogP contribution in [-0.2, 0) is 19.6 Å². The van der Waals surface area contributed by atoms with Crippen molar-refractivity contribution in [3.8, 4) is 5.75 Å². The minimum absolute atomic E-state index is 0.00623. The van der Waals surface area contributed by atoms with E-state index in [0.29, 0.717) is 18.1 Å². The Bertz CT molecular complexity index is 890. The Hall–Kier alpha value is -2.05. The third-order valence-corrected chi connectivity index (χ3v) is 5.93. The minimum Gasteiger partial charge on any atom is -0.490 e. The first-order valence-electron chi connectivity index (χ1n) is 9.64. The van der Waals surface area contributed by atoms with Gasteiger partial charge >= 0.3 is 0 Å².